The summed E-state index contributed by atoms with van der Waals surface area (Å²) in [5.41, 5.74) is 1.52. The van der Waals surface area contributed by atoms with Crippen molar-refractivity contribution in [3.05, 3.63) is 46.1 Å². The second-order valence-electron chi connectivity index (χ2n) is 8.08. The SMILES string of the molecule is CN1Cc2nc(C(=O)N3CCN(S(=O)(=O)c4cc5cc(Br)ccc5[nH]4)CC3)oc2CN1C. The number of hydrogen-bond acceptors (Lipinski definition) is 7. The first-order valence-corrected chi connectivity index (χ1v) is 12.4. The highest BCUT2D eigenvalue weighted by molar-refractivity contribution is 9.10. The molecule has 1 saturated heterocycles. The first-order chi connectivity index (χ1) is 15.2. The number of sulfonamides is 1. The number of aromatic amines is 1. The van der Waals surface area contributed by atoms with Crippen molar-refractivity contribution in [2.75, 3.05) is 40.3 Å². The normalized spacial score (nSPS) is 18.9. The molecule has 2 aliphatic rings. The van der Waals surface area contributed by atoms with E-state index in [-0.39, 0.29) is 43.0 Å². The number of nitrogens with zero attached hydrogens (tertiary/aromatic N) is 5. The highest BCUT2D eigenvalue weighted by atomic mass is 79.9. The number of carbonyl (C=O) groups is 1. The van der Waals surface area contributed by atoms with E-state index >= 15 is 0 Å². The fourth-order valence-electron chi connectivity index (χ4n) is 4.01. The molecular weight excluding hydrogens is 500 g/mol. The molecule has 3 aromatic rings. The Morgan fingerprint density at radius 2 is 1.81 bits per heavy atom. The van der Waals surface area contributed by atoms with Gasteiger partial charge in [-0.25, -0.2) is 23.4 Å². The van der Waals surface area contributed by atoms with E-state index < -0.39 is 10.0 Å². The van der Waals surface area contributed by atoms with Crippen LogP contribution in [0.25, 0.3) is 10.9 Å². The summed E-state index contributed by atoms with van der Waals surface area (Å²) in [5, 5.41) is 4.97. The monoisotopic (exact) mass is 522 g/mol. The number of carbonyl (C=O) groups excluding carboxylic acids is 1. The van der Waals surface area contributed by atoms with E-state index in [0.717, 1.165) is 21.1 Å². The summed E-state index contributed by atoms with van der Waals surface area (Å²) < 4.78 is 34.3. The summed E-state index contributed by atoms with van der Waals surface area (Å²) >= 11 is 3.40. The van der Waals surface area contributed by atoms with Gasteiger partial charge >= 0.3 is 5.91 Å². The van der Waals surface area contributed by atoms with E-state index in [4.69, 9.17) is 4.42 Å². The third kappa shape index (κ3) is 3.75. The number of benzene rings is 1. The lowest BCUT2D eigenvalue weighted by Crippen LogP contribution is -2.50. The Kier molecular flexibility index (Phi) is 5.37. The molecule has 0 radical (unpaired) electrons. The van der Waals surface area contributed by atoms with Gasteiger partial charge in [-0.3, -0.25) is 4.79 Å². The van der Waals surface area contributed by atoms with Crippen LogP contribution in [0.3, 0.4) is 0 Å². The van der Waals surface area contributed by atoms with E-state index in [1.807, 2.05) is 42.3 Å². The van der Waals surface area contributed by atoms with Gasteiger partial charge in [-0.1, -0.05) is 15.9 Å². The van der Waals surface area contributed by atoms with Crippen molar-refractivity contribution in [1.82, 2.24) is 29.2 Å². The molecule has 1 N–H and O–H groups in total. The minimum absolute atomic E-state index is 0.0659. The van der Waals surface area contributed by atoms with Gasteiger partial charge in [0.15, 0.2) is 0 Å². The van der Waals surface area contributed by atoms with Crippen LogP contribution in [-0.4, -0.2) is 83.8 Å². The second kappa shape index (κ2) is 7.96. The molecule has 0 saturated carbocycles. The van der Waals surface area contributed by atoms with Gasteiger partial charge in [-0.15, -0.1) is 0 Å². The number of piperazine rings is 1. The van der Waals surface area contributed by atoms with Crippen LogP contribution in [0.2, 0.25) is 0 Å². The zero-order chi connectivity index (χ0) is 22.6. The van der Waals surface area contributed by atoms with Crippen molar-refractivity contribution >= 4 is 42.8 Å². The summed E-state index contributed by atoms with van der Waals surface area (Å²) in [6.07, 6.45) is 0. The molecule has 4 heterocycles. The Balaban J connectivity index is 1.28. The molecule has 0 atom stereocenters. The summed E-state index contributed by atoms with van der Waals surface area (Å²) in [5.74, 6) is 0.453. The summed E-state index contributed by atoms with van der Waals surface area (Å²) in [6, 6.07) is 7.20. The molecule has 1 fully saturated rings. The Hall–Kier alpha value is -2.25. The zero-order valence-electron chi connectivity index (χ0n) is 17.7. The van der Waals surface area contributed by atoms with Crippen molar-refractivity contribution in [3.8, 4) is 0 Å². The molecule has 12 heteroatoms. The number of amides is 1. The second-order valence-corrected chi connectivity index (χ2v) is 10.9. The standard InChI is InChI=1S/C20H23BrN6O4S/c1-24-11-16-17(12-25(24)2)31-19(23-16)20(28)26-5-7-27(8-6-26)32(29,30)18-10-13-9-14(21)3-4-15(13)22-18/h3-4,9-10,22H,5-8,11-12H2,1-2H3. The predicted octanol–water partition coefficient (Wildman–Crippen LogP) is 1.86. The molecule has 0 unspecified atom stereocenters. The van der Waals surface area contributed by atoms with Crippen LogP contribution in [0, 0.1) is 0 Å². The first kappa shape index (κ1) is 21.6. The quantitative estimate of drug-likeness (QED) is 0.559. The zero-order valence-corrected chi connectivity index (χ0v) is 20.1. The van der Waals surface area contributed by atoms with Crippen LogP contribution < -0.4 is 0 Å². The third-order valence-corrected chi connectivity index (χ3v) is 8.31. The van der Waals surface area contributed by atoms with Gasteiger partial charge in [0.25, 0.3) is 15.9 Å². The molecule has 2 aromatic heterocycles. The van der Waals surface area contributed by atoms with Gasteiger partial charge in [0.05, 0.1) is 18.8 Å². The lowest BCUT2D eigenvalue weighted by Gasteiger charge is -2.33. The fraction of sp³-hybridized carbons (Fsp3) is 0.400. The van der Waals surface area contributed by atoms with Crippen molar-refractivity contribution in [1.29, 1.82) is 0 Å². The average Bonchev–Trinajstić information content (AvgIpc) is 3.37. The van der Waals surface area contributed by atoms with Crippen LogP contribution in [0.1, 0.15) is 22.1 Å². The molecule has 0 spiro atoms. The van der Waals surface area contributed by atoms with Gasteiger partial charge in [0, 0.05) is 55.7 Å². The number of hydrogen-bond donors (Lipinski definition) is 1. The van der Waals surface area contributed by atoms with E-state index in [2.05, 4.69) is 25.9 Å². The number of nitrogens with one attached hydrogen (secondary N) is 1. The molecular formula is C20H23BrN6O4S. The van der Waals surface area contributed by atoms with E-state index in [9.17, 15) is 13.2 Å². The number of hydrazine groups is 1. The Morgan fingerprint density at radius 1 is 1.09 bits per heavy atom. The van der Waals surface area contributed by atoms with Gasteiger partial charge in [0.1, 0.15) is 10.8 Å². The van der Waals surface area contributed by atoms with Gasteiger partial charge in [0.2, 0.25) is 0 Å². The molecule has 32 heavy (non-hydrogen) atoms. The molecule has 170 valence electrons. The molecule has 0 bridgehead atoms. The minimum Gasteiger partial charge on any atom is -0.436 e. The summed E-state index contributed by atoms with van der Waals surface area (Å²) in [6.45, 7) is 2.10. The Bertz CT molecular complexity index is 1270. The van der Waals surface area contributed by atoms with Crippen LogP contribution in [0.4, 0.5) is 0 Å². The van der Waals surface area contributed by atoms with Gasteiger partial charge in [-0.05, 0) is 24.3 Å². The largest absolute Gasteiger partial charge is 0.436 e. The lowest BCUT2D eigenvalue weighted by atomic mass is 10.3. The molecule has 10 nitrogen and oxygen atoms in total. The van der Waals surface area contributed by atoms with Crippen LogP contribution in [-0.2, 0) is 23.1 Å². The van der Waals surface area contributed by atoms with Crippen LogP contribution in [0.5, 0.6) is 0 Å². The van der Waals surface area contributed by atoms with Crippen molar-refractivity contribution in [2.24, 2.45) is 0 Å². The predicted molar refractivity (Wildman–Crippen MR) is 120 cm³/mol. The number of halogens is 1. The number of aromatic nitrogens is 2. The van der Waals surface area contributed by atoms with Crippen molar-refractivity contribution in [2.45, 2.75) is 18.1 Å². The van der Waals surface area contributed by atoms with E-state index in [1.165, 1.54) is 4.31 Å². The van der Waals surface area contributed by atoms with Gasteiger partial charge in [-0.2, -0.15) is 4.31 Å². The lowest BCUT2D eigenvalue weighted by molar-refractivity contribution is -0.0103. The molecule has 0 aliphatic carbocycles. The highest BCUT2D eigenvalue weighted by Gasteiger charge is 2.34. The minimum atomic E-state index is -3.69. The Morgan fingerprint density at radius 3 is 2.56 bits per heavy atom. The molecule has 5 rings (SSSR count). The maximum atomic E-state index is 13.1. The number of H-pyrrole nitrogens is 1. The maximum absolute atomic E-state index is 13.1. The van der Waals surface area contributed by atoms with E-state index in [1.54, 1.807) is 11.0 Å². The van der Waals surface area contributed by atoms with Gasteiger partial charge < -0.3 is 14.3 Å². The maximum Gasteiger partial charge on any atom is 0.309 e. The third-order valence-electron chi connectivity index (χ3n) is 6.00. The number of oxazole rings is 1. The molecule has 2 aliphatic heterocycles. The number of fused-ring (bicyclic) bond motifs is 2. The molecule has 1 amide bonds. The summed E-state index contributed by atoms with van der Waals surface area (Å²) in [4.78, 5) is 21.9. The summed E-state index contributed by atoms with van der Waals surface area (Å²) in [7, 11) is 0.202. The van der Waals surface area contributed by atoms with Crippen LogP contribution in [0.15, 0.2) is 38.2 Å². The van der Waals surface area contributed by atoms with E-state index in [0.29, 0.717) is 18.8 Å². The first-order valence-electron chi connectivity index (χ1n) is 10.2. The smallest absolute Gasteiger partial charge is 0.309 e. The number of rotatable bonds is 3. The molecule has 1 aromatic carbocycles. The fourth-order valence-corrected chi connectivity index (χ4v) is 5.83. The topological polar surface area (TPSA) is 106 Å². The Labute approximate surface area is 193 Å². The van der Waals surface area contributed by atoms with Crippen LogP contribution >= 0.6 is 15.9 Å². The average molecular weight is 523 g/mol. The van der Waals surface area contributed by atoms with Crippen molar-refractivity contribution in [3.63, 3.8) is 0 Å². The highest BCUT2D eigenvalue weighted by Crippen LogP contribution is 2.26. The van der Waals surface area contributed by atoms with Crippen molar-refractivity contribution < 1.29 is 17.6 Å².